The number of carbonyl (C=O) groups is 4. The lowest BCUT2D eigenvalue weighted by atomic mass is 10.0. The van der Waals surface area contributed by atoms with E-state index in [1.54, 1.807) is 37.5 Å². The number of aryl methyl sites for hydroxylation is 1. The second-order valence-corrected chi connectivity index (χ2v) is 13.1. The van der Waals surface area contributed by atoms with Crippen molar-refractivity contribution in [2.24, 2.45) is 0 Å². The van der Waals surface area contributed by atoms with E-state index in [0.717, 1.165) is 17.7 Å². The molecule has 0 saturated carbocycles. The number of ether oxygens (including phenoxy) is 1. The molecule has 0 radical (unpaired) electrons. The van der Waals surface area contributed by atoms with Gasteiger partial charge in [0.2, 0.25) is 17.7 Å². The van der Waals surface area contributed by atoms with E-state index in [-0.39, 0.29) is 49.2 Å². The molecule has 256 valence electrons. The Morgan fingerprint density at radius 2 is 1.92 bits per heavy atom. The van der Waals surface area contributed by atoms with Gasteiger partial charge in [0.1, 0.15) is 40.2 Å². The standard InChI is InChI=1S/C33H35BrFN9O5/c1-19(45)30-23-10-24(22-12-36-20(2)37-13-22)38-14-26(23)44(42-30)15-29(47)43-18-33(35)11-25(43)32(48)41-31-21(7-8-27(34)40-31)16-49-9-5-3-4-6-28(46)39-17-33/h7-8,10,12-14,25H,3-6,9,11,15-18H2,1-2H3,(H,39,46)(H,40,41,48)/t25-,33-/m0/s1. The summed E-state index contributed by atoms with van der Waals surface area (Å²) in [5, 5.41) is 10.3. The van der Waals surface area contributed by atoms with Crippen molar-refractivity contribution in [2.75, 3.05) is 25.0 Å². The van der Waals surface area contributed by atoms with Gasteiger partial charge >= 0.3 is 0 Å². The highest BCUT2D eigenvalue weighted by atomic mass is 79.9. The van der Waals surface area contributed by atoms with Crippen molar-refractivity contribution in [3.8, 4) is 11.3 Å². The number of nitrogens with one attached hydrogen (secondary N) is 2. The van der Waals surface area contributed by atoms with Gasteiger partial charge in [0.05, 0.1) is 37.1 Å². The number of aromatic nitrogens is 6. The summed E-state index contributed by atoms with van der Waals surface area (Å²) >= 11 is 3.33. The largest absolute Gasteiger partial charge is 0.377 e. The molecular weight excluding hydrogens is 701 g/mol. The quantitative estimate of drug-likeness (QED) is 0.232. The molecule has 3 amide bonds. The predicted octanol–water partition coefficient (Wildman–Crippen LogP) is 3.71. The van der Waals surface area contributed by atoms with Crippen LogP contribution in [0.15, 0.2) is 41.4 Å². The van der Waals surface area contributed by atoms with Gasteiger partial charge in [0.25, 0.3) is 0 Å². The van der Waals surface area contributed by atoms with Crippen molar-refractivity contribution in [3.05, 3.63) is 58.5 Å². The summed E-state index contributed by atoms with van der Waals surface area (Å²) in [5.74, 6) is -1.06. The van der Waals surface area contributed by atoms with Crippen molar-refractivity contribution < 1.29 is 28.3 Å². The lowest BCUT2D eigenvalue weighted by molar-refractivity contribution is -0.137. The van der Waals surface area contributed by atoms with Crippen molar-refractivity contribution >= 4 is 56.2 Å². The molecule has 0 aliphatic carbocycles. The Hall–Kier alpha value is -4.70. The van der Waals surface area contributed by atoms with Gasteiger partial charge in [0, 0.05) is 55.3 Å². The van der Waals surface area contributed by atoms with Gasteiger partial charge in [-0.1, -0.05) is 12.5 Å². The number of fused-ring (bicyclic) bond motifs is 4. The Morgan fingerprint density at radius 3 is 2.69 bits per heavy atom. The van der Waals surface area contributed by atoms with Crippen molar-refractivity contribution in [1.82, 2.24) is 39.9 Å². The fraction of sp³-hybridized carbons (Fsp3) is 0.424. The maximum absolute atomic E-state index is 16.5. The number of pyridine rings is 2. The second kappa shape index (κ2) is 14.4. The average molecular weight is 737 g/mol. The van der Waals surface area contributed by atoms with E-state index in [4.69, 9.17) is 4.74 Å². The Bertz CT molecular complexity index is 1920. The highest BCUT2D eigenvalue weighted by Gasteiger charge is 2.49. The number of hydrogen-bond donors (Lipinski definition) is 2. The summed E-state index contributed by atoms with van der Waals surface area (Å²) in [7, 11) is 0. The molecule has 49 heavy (non-hydrogen) atoms. The van der Waals surface area contributed by atoms with Crippen molar-refractivity contribution in [1.29, 1.82) is 0 Å². The van der Waals surface area contributed by atoms with Crippen LogP contribution in [0.4, 0.5) is 10.2 Å². The van der Waals surface area contributed by atoms with Crippen LogP contribution in [-0.2, 0) is 32.3 Å². The van der Waals surface area contributed by atoms with E-state index >= 15 is 4.39 Å². The summed E-state index contributed by atoms with van der Waals surface area (Å²) in [6.07, 6.45) is 6.72. The molecule has 2 aliphatic rings. The fourth-order valence-electron chi connectivity index (χ4n) is 6.00. The molecular formula is C33H35BrFN9O5. The van der Waals surface area contributed by atoms with E-state index in [1.165, 1.54) is 17.8 Å². The van der Waals surface area contributed by atoms with Crippen LogP contribution in [0, 0.1) is 6.92 Å². The van der Waals surface area contributed by atoms with Gasteiger partial charge < -0.3 is 20.3 Å². The third-order valence-corrected chi connectivity index (χ3v) is 9.02. The Balaban J connectivity index is 1.31. The van der Waals surface area contributed by atoms with Gasteiger partial charge in [-0.15, -0.1) is 0 Å². The number of rotatable bonds is 4. The van der Waals surface area contributed by atoms with Crippen LogP contribution < -0.4 is 10.6 Å². The smallest absolute Gasteiger partial charge is 0.248 e. The molecule has 6 heterocycles. The molecule has 1 fully saturated rings. The van der Waals surface area contributed by atoms with E-state index in [2.05, 4.69) is 51.6 Å². The van der Waals surface area contributed by atoms with Crippen LogP contribution in [-0.4, -0.2) is 89.5 Å². The molecule has 2 N–H and O–H groups in total. The first-order valence-corrected chi connectivity index (χ1v) is 16.7. The minimum absolute atomic E-state index is 0.126. The summed E-state index contributed by atoms with van der Waals surface area (Å²) in [4.78, 5) is 71.4. The van der Waals surface area contributed by atoms with Gasteiger partial charge in [-0.25, -0.2) is 19.3 Å². The number of hydrogen-bond acceptors (Lipinski definition) is 10. The minimum atomic E-state index is -2.08. The number of Topliss-reactive ketones (excluding diaryl/α,β-unsaturated/α-hetero) is 1. The fourth-order valence-corrected chi connectivity index (χ4v) is 6.31. The summed E-state index contributed by atoms with van der Waals surface area (Å²) < 4.78 is 24.1. The first-order chi connectivity index (χ1) is 23.5. The van der Waals surface area contributed by atoms with E-state index in [9.17, 15) is 19.2 Å². The molecule has 14 nitrogen and oxygen atoms in total. The third-order valence-electron chi connectivity index (χ3n) is 8.58. The number of carbonyl (C=O) groups excluding carboxylic acids is 4. The van der Waals surface area contributed by atoms with Crippen LogP contribution in [0.3, 0.4) is 0 Å². The van der Waals surface area contributed by atoms with Crippen molar-refractivity contribution in [3.63, 3.8) is 0 Å². The topological polar surface area (TPSA) is 174 Å². The number of halogens is 2. The Kier molecular flexibility index (Phi) is 10.1. The van der Waals surface area contributed by atoms with E-state index in [0.29, 0.717) is 51.2 Å². The molecule has 16 heteroatoms. The van der Waals surface area contributed by atoms with E-state index < -0.39 is 36.6 Å². The Labute approximate surface area is 289 Å². The average Bonchev–Trinajstić information content (AvgIpc) is 3.62. The molecule has 2 bridgehead atoms. The second-order valence-electron chi connectivity index (χ2n) is 12.3. The number of anilines is 1. The molecule has 4 aromatic rings. The zero-order valence-corrected chi connectivity index (χ0v) is 28.6. The highest BCUT2D eigenvalue weighted by molar-refractivity contribution is 9.10. The predicted molar refractivity (Wildman–Crippen MR) is 179 cm³/mol. The Morgan fingerprint density at radius 1 is 1.12 bits per heavy atom. The normalized spacial score (nSPS) is 20.7. The van der Waals surface area contributed by atoms with Crippen LogP contribution in [0.1, 0.15) is 60.9 Å². The highest BCUT2D eigenvalue weighted by Crippen LogP contribution is 2.33. The number of ketones is 1. The SMILES string of the molecule is CC(=O)c1nn(CC(=O)N2C[C@@]3(F)CNC(=O)CCCCCOCc4ccc(Br)nc4NC(=O)[C@@H]2C3)c2cnc(-c3cnc(C)nc3)cc12. The zero-order valence-electron chi connectivity index (χ0n) is 27.0. The van der Waals surface area contributed by atoms with Crippen molar-refractivity contribution in [2.45, 2.75) is 70.8 Å². The number of alkyl halides is 1. The van der Waals surface area contributed by atoms with Crippen LogP contribution >= 0.6 is 15.9 Å². The maximum atomic E-state index is 16.5. The molecule has 2 aliphatic heterocycles. The summed E-state index contributed by atoms with van der Waals surface area (Å²) in [5.41, 5.74) is 0.207. The van der Waals surface area contributed by atoms with Gasteiger partial charge in [0.15, 0.2) is 5.78 Å². The van der Waals surface area contributed by atoms with Gasteiger partial charge in [-0.2, -0.15) is 5.10 Å². The molecule has 0 unspecified atom stereocenters. The first kappa shape index (κ1) is 34.2. The lowest BCUT2D eigenvalue weighted by Crippen LogP contribution is -2.45. The minimum Gasteiger partial charge on any atom is -0.377 e. The van der Waals surface area contributed by atoms with Crippen LogP contribution in [0.2, 0.25) is 0 Å². The van der Waals surface area contributed by atoms with Gasteiger partial charge in [-0.05, 0) is 47.8 Å². The number of nitrogens with zero attached hydrogens (tertiary/aromatic N) is 7. The molecule has 1 saturated heterocycles. The molecule has 4 aromatic heterocycles. The first-order valence-electron chi connectivity index (χ1n) is 16.0. The molecule has 2 atom stereocenters. The summed E-state index contributed by atoms with van der Waals surface area (Å²) in [6.45, 7) is 2.55. The monoisotopic (exact) mass is 735 g/mol. The van der Waals surface area contributed by atoms with E-state index in [1.807, 2.05) is 0 Å². The van der Waals surface area contributed by atoms with Gasteiger partial charge in [-0.3, -0.25) is 28.8 Å². The lowest BCUT2D eigenvalue weighted by Gasteiger charge is -2.24. The summed E-state index contributed by atoms with van der Waals surface area (Å²) in [6, 6.07) is 3.93. The zero-order chi connectivity index (χ0) is 34.7. The maximum Gasteiger partial charge on any atom is 0.248 e. The van der Waals surface area contributed by atoms with Crippen LogP contribution in [0.5, 0.6) is 0 Å². The molecule has 6 rings (SSSR count). The molecule has 0 spiro atoms. The number of amides is 3. The third kappa shape index (κ3) is 7.80. The molecule has 0 aromatic carbocycles. The van der Waals surface area contributed by atoms with Crippen LogP contribution in [0.25, 0.3) is 22.2 Å². The number of likely N-dealkylation sites (tertiary alicyclic amines) is 1.